The van der Waals surface area contributed by atoms with Gasteiger partial charge in [0.05, 0.1) is 16.3 Å². The van der Waals surface area contributed by atoms with Crippen molar-refractivity contribution in [1.82, 2.24) is 20.1 Å². The second-order valence-corrected chi connectivity index (χ2v) is 8.06. The highest BCUT2D eigenvalue weighted by atomic mass is 79.9. The standard InChI is InChI=1S/C21H21BrN4O6/c1-10-6-13(7-11(2)18(10)32-14-4-5-16(28)15(22)8-14)26-21(31)24-20(30)17(25-26)19(29)23-9-12(3)27/h4-8,12,27-28H,9H2,1-3H3,(H,23,29)(H,24,30,31). The van der Waals surface area contributed by atoms with Gasteiger partial charge in [0.2, 0.25) is 5.69 Å². The van der Waals surface area contributed by atoms with Crippen molar-refractivity contribution in [2.45, 2.75) is 26.9 Å². The van der Waals surface area contributed by atoms with Gasteiger partial charge in [0.1, 0.15) is 17.2 Å². The number of aromatic amines is 1. The van der Waals surface area contributed by atoms with Gasteiger partial charge >= 0.3 is 5.69 Å². The number of aryl methyl sites for hydroxylation is 2. The van der Waals surface area contributed by atoms with Crippen molar-refractivity contribution >= 4 is 21.8 Å². The third-order valence-corrected chi connectivity index (χ3v) is 5.06. The van der Waals surface area contributed by atoms with Gasteiger partial charge in [0.25, 0.3) is 11.5 Å². The molecule has 4 N–H and O–H groups in total. The Kier molecular flexibility index (Phi) is 6.80. The maximum absolute atomic E-state index is 12.4. The fourth-order valence-corrected chi connectivity index (χ4v) is 3.29. The van der Waals surface area contributed by atoms with Gasteiger partial charge in [0.15, 0.2) is 0 Å². The Morgan fingerprint density at radius 3 is 2.50 bits per heavy atom. The maximum Gasteiger partial charge on any atom is 0.349 e. The van der Waals surface area contributed by atoms with Crippen LogP contribution in [0.1, 0.15) is 28.5 Å². The molecule has 0 aliphatic rings. The fourth-order valence-electron chi connectivity index (χ4n) is 2.93. The monoisotopic (exact) mass is 504 g/mol. The van der Waals surface area contributed by atoms with E-state index in [9.17, 15) is 24.6 Å². The van der Waals surface area contributed by atoms with Gasteiger partial charge in [-0.05, 0) is 78.2 Å². The van der Waals surface area contributed by atoms with Crippen molar-refractivity contribution in [3.8, 4) is 22.9 Å². The number of aromatic nitrogens is 3. The molecule has 0 bridgehead atoms. The average Bonchev–Trinajstić information content (AvgIpc) is 2.71. The smallest absolute Gasteiger partial charge is 0.349 e. The predicted octanol–water partition coefficient (Wildman–Crippen LogP) is 1.91. The summed E-state index contributed by atoms with van der Waals surface area (Å²) in [6.45, 7) is 4.95. The van der Waals surface area contributed by atoms with Crippen molar-refractivity contribution in [2.24, 2.45) is 0 Å². The molecule has 1 heterocycles. The largest absolute Gasteiger partial charge is 0.507 e. The number of rotatable bonds is 6. The lowest BCUT2D eigenvalue weighted by Gasteiger charge is -2.15. The normalized spacial score (nSPS) is 11.8. The molecule has 0 saturated heterocycles. The summed E-state index contributed by atoms with van der Waals surface area (Å²) in [6.07, 6.45) is -0.809. The molecule has 1 atom stereocenters. The van der Waals surface area contributed by atoms with Crippen molar-refractivity contribution in [1.29, 1.82) is 0 Å². The molecule has 3 rings (SSSR count). The van der Waals surface area contributed by atoms with E-state index in [1.165, 1.54) is 13.0 Å². The minimum absolute atomic E-state index is 0.0727. The second-order valence-electron chi connectivity index (χ2n) is 7.20. The Labute approximate surface area is 190 Å². The van der Waals surface area contributed by atoms with E-state index in [2.05, 4.69) is 31.3 Å². The van der Waals surface area contributed by atoms with Crippen LogP contribution in [0, 0.1) is 13.8 Å². The van der Waals surface area contributed by atoms with E-state index in [4.69, 9.17) is 4.74 Å². The molecule has 0 spiro atoms. The third kappa shape index (κ3) is 5.06. The lowest BCUT2D eigenvalue weighted by atomic mass is 10.1. The number of aromatic hydroxyl groups is 1. The van der Waals surface area contributed by atoms with Crippen LogP contribution in [0.2, 0.25) is 0 Å². The molecule has 1 aromatic heterocycles. The molecule has 10 nitrogen and oxygen atoms in total. The van der Waals surface area contributed by atoms with E-state index < -0.39 is 29.0 Å². The molecular weight excluding hydrogens is 484 g/mol. The SMILES string of the molecule is Cc1cc(-n2nc(C(=O)NCC(C)O)c(=O)[nH]c2=O)cc(C)c1Oc1ccc(O)c(Br)c1. The van der Waals surface area contributed by atoms with Crippen LogP contribution in [0.3, 0.4) is 0 Å². The van der Waals surface area contributed by atoms with Crippen LogP contribution in [0.5, 0.6) is 17.2 Å². The molecule has 1 amide bonds. The van der Waals surface area contributed by atoms with Gasteiger partial charge in [-0.3, -0.25) is 14.6 Å². The summed E-state index contributed by atoms with van der Waals surface area (Å²) in [5.74, 6) is 0.300. The highest BCUT2D eigenvalue weighted by Crippen LogP contribution is 2.34. The molecule has 0 radical (unpaired) electrons. The number of nitrogens with one attached hydrogen (secondary N) is 2. The van der Waals surface area contributed by atoms with Crippen molar-refractivity contribution in [2.75, 3.05) is 6.54 Å². The van der Waals surface area contributed by atoms with E-state index in [1.807, 2.05) is 0 Å². The molecule has 0 aliphatic carbocycles. The number of benzene rings is 2. The first-order valence-electron chi connectivity index (χ1n) is 9.54. The lowest BCUT2D eigenvalue weighted by Crippen LogP contribution is -2.40. The summed E-state index contributed by atoms with van der Waals surface area (Å²) in [7, 11) is 0. The Morgan fingerprint density at radius 1 is 1.25 bits per heavy atom. The number of hydrogen-bond donors (Lipinski definition) is 4. The summed E-state index contributed by atoms with van der Waals surface area (Å²) in [5.41, 5.74) is -0.578. The number of carbonyl (C=O) groups is 1. The number of aliphatic hydroxyl groups excluding tert-OH is 1. The van der Waals surface area contributed by atoms with Crippen molar-refractivity contribution < 1.29 is 19.7 Å². The summed E-state index contributed by atoms with van der Waals surface area (Å²) in [4.78, 5) is 38.7. The zero-order valence-electron chi connectivity index (χ0n) is 17.5. The van der Waals surface area contributed by atoms with Gasteiger partial charge in [-0.15, -0.1) is 0 Å². The van der Waals surface area contributed by atoms with E-state index >= 15 is 0 Å². The number of nitrogens with zero attached hydrogens (tertiary/aromatic N) is 2. The van der Waals surface area contributed by atoms with Crippen LogP contribution in [-0.2, 0) is 0 Å². The maximum atomic E-state index is 12.4. The minimum Gasteiger partial charge on any atom is -0.507 e. The van der Waals surface area contributed by atoms with E-state index in [0.717, 1.165) is 4.68 Å². The van der Waals surface area contributed by atoms with Gasteiger partial charge in [0, 0.05) is 6.54 Å². The number of phenols is 1. The molecule has 0 fully saturated rings. The predicted molar refractivity (Wildman–Crippen MR) is 120 cm³/mol. The number of aliphatic hydroxyl groups is 1. The van der Waals surface area contributed by atoms with Gasteiger partial charge in [-0.1, -0.05) is 0 Å². The number of hydrogen-bond acceptors (Lipinski definition) is 7. The molecule has 2 aromatic carbocycles. The Balaban J connectivity index is 1.99. The Morgan fingerprint density at radius 2 is 1.91 bits per heavy atom. The van der Waals surface area contributed by atoms with E-state index in [-0.39, 0.29) is 12.3 Å². The van der Waals surface area contributed by atoms with Gasteiger partial charge in [-0.25, -0.2) is 4.79 Å². The molecule has 32 heavy (non-hydrogen) atoms. The summed E-state index contributed by atoms with van der Waals surface area (Å²) in [6, 6.07) is 7.98. The number of H-pyrrole nitrogens is 1. The first kappa shape index (κ1) is 23.2. The fraction of sp³-hybridized carbons (Fsp3) is 0.238. The highest BCUT2D eigenvalue weighted by Gasteiger charge is 2.18. The van der Waals surface area contributed by atoms with Crippen LogP contribution >= 0.6 is 15.9 Å². The topological polar surface area (TPSA) is 147 Å². The zero-order valence-corrected chi connectivity index (χ0v) is 19.1. The molecule has 1 unspecified atom stereocenters. The van der Waals surface area contributed by atoms with Crippen LogP contribution < -0.4 is 21.3 Å². The third-order valence-electron chi connectivity index (χ3n) is 4.43. The summed E-state index contributed by atoms with van der Waals surface area (Å²) >= 11 is 3.24. The van der Waals surface area contributed by atoms with Gasteiger partial charge < -0.3 is 20.3 Å². The molecular formula is C21H21BrN4O6. The molecule has 0 aliphatic heterocycles. The highest BCUT2D eigenvalue weighted by molar-refractivity contribution is 9.10. The minimum atomic E-state index is -0.930. The van der Waals surface area contributed by atoms with Crippen LogP contribution in [-0.4, -0.2) is 43.5 Å². The first-order chi connectivity index (χ1) is 15.1. The van der Waals surface area contributed by atoms with Crippen LogP contribution in [0.4, 0.5) is 0 Å². The molecule has 3 aromatic rings. The number of phenolic OH excluding ortho intramolecular Hbond substituents is 1. The number of amides is 1. The van der Waals surface area contributed by atoms with Gasteiger partial charge in [-0.2, -0.15) is 9.78 Å². The molecule has 168 valence electrons. The zero-order chi connectivity index (χ0) is 23.6. The Bertz CT molecular complexity index is 1280. The number of carbonyl (C=O) groups excluding carboxylic acids is 1. The van der Waals surface area contributed by atoms with Crippen LogP contribution in [0.25, 0.3) is 5.69 Å². The van der Waals surface area contributed by atoms with E-state index in [1.54, 1.807) is 38.1 Å². The number of halogens is 1. The van der Waals surface area contributed by atoms with E-state index in [0.29, 0.717) is 32.8 Å². The Hall–Kier alpha value is -3.44. The quantitative estimate of drug-likeness (QED) is 0.400. The average molecular weight is 505 g/mol. The lowest BCUT2D eigenvalue weighted by molar-refractivity contribution is 0.0915. The second kappa shape index (κ2) is 9.37. The molecule has 11 heteroatoms. The van der Waals surface area contributed by atoms with Crippen LogP contribution in [0.15, 0.2) is 44.4 Å². The summed E-state index contributed by atoms with van der Waals surface area (Å²) < 4.78 is 7.33. The van der Waals surface area contributed by atoms with Crippen molar-refractivity contribution in [3.63, 3.8) is 0 Å². The first-order valence-corrected chi connectivity index (χ1v) is 10.3. The molecule has 0 saturated carbocycles. The summed E-state index contributed by atoms with van der Waals surface area (Å²) in [5, 5.41) is 25.3. The van der Waals surface area contributed by atoms with Crippen molar-refractivity contribution in [3.05, 3.63) is 72.5 Å². The number of ether oxygens (including phenoxy) is 1.